The molecule has 0 radical (unpaired) electrons. The number of fused-ring (bicyclic) bond motifs is 1. The number of pyridine rings is 1. The predicted octanol–water partition coefficient (Wildman–Crippen LogP) is 3.63. The number of ether oxygens (including phenoxy) is 1. The molecule has 18 heavy (non-hydrogen) atoms. The molecule has 2 aromatic rings. The first-order valence-corrected chi connectivity index (χ1v) is 6.44. The average Bonchev–Trinajstić information content (AvgIpc) is 2.37. The van der Waals surface area contributed by atoms with E-state index in [1.165, 1.54) is 6.42 Å². The summed E-state index contributed by atoms with van der Waals surface area (Å²) in [5.74, 6) is 1.59. The minimum Gasteiger partial charge on any atom is -0.493 e. The van der Waals surface area contributed by atoms with Gasteiger partial charge >= 0.3 is 0 Å². The van der Waals surface area contributed by atoms with Gasteiger partial charge in [-0.25, -0.2) is 0 Å². The Morgan fingerprint density at radius 1 is 1.28 bits per heavy atom. The lowest BCUT2D eigenvalue weighted by Crippen LogP contribution is -2.01. The van der Waals surface area contributed by atoms with E-state index in [1.807, 2.05) is 24.3 Å². The minimum absolute atomic E-state index is 0.695. The molecule has 0 saturated carbocycles. The second-order valence-corrected chi connectivity index (χ2v) is 4.94. The molecule has 96 valence electrons. The molecule has 0 spiro atoms. The molecule has 3 heteroatoms. The van der Waals surface area contributed by atoms with Gasteiger partial charge in [0.25, 0.3) is 0 Å². The Balaban J connectivity index is 2.11. The first-order chi connectivity index (χ1) is 8.68. The van der Waals surface area contributed by atoms with Crippen molar-refractivity contribution >= 4 is 16.6 Å². The van der Waals surface area contributed by atoms with Gasteiger partial charge in [0.15, 0.2) is 0 Å². The maximum Gasteiger partial charge on any atom is 0.128 e. The quantitative estimate of drug-likeness (QED) is 0.645. The maximum atomic E-state index is 5.90. The van der Waals surface area contributed by atoms with Crippen molar-refractivity contribution in [2.24, 2.45) is 5.92 Å². The summed E-state index contributed by atoms with van der Waals surface area (Å²) >= 11 is 0. The molecule has 2 rings (SSSR count). The number of aromatic nitrogens is 1. The van der Waals surface area contributed by atoms with E-state index in [4.69, 9.17) is 10.5 Å². The topological polar surface area (TPSA) is 48.1 Å². The van der Waals surface area contributed by atoms with E-state index in [2.05, 4.69) is 18.8 Å². The smallest absolute Gasteiger partial charge is 0.128 e. The van der Waals surface area contributed by atoms with E-state index in [0.29, 0.717) is 5.69 Å². The minimum atomic E-state index is 0.695. The fourth-order valence-corrected chi connectivity index (χ4v) is 1.97. The summed E-state index contributed by atoms with van der Waals surface area (Å²) in [6, 6.07) is 7.68. The predicted molar refractivity (Wildman–Crippen MR) is 75.7 cm³/mol. The van der Waals surface area contributed by atoms with Crippen LogP contribution >= 0.6 is 0 Å². The van der Waals surface area contributed by atoms with Crippen LogP contribution in [0.1, 0.15) is 26.7 Å². The molecule has 0 unspecified atom stereocenters. The Hall–Kier alpha value is -1.77. The summed E-state index contributed by atoms with van der Waals surface area (Å²) in [5.41, 5.74) is 7.41. The zero-order valence-corrected chi connectivity index (χ0v) is 11.0. The van der Waals surface area contributed by atoms with Crippen LogP contribution in [0.5, 0.6) is 5.75 Å². The van der Waals surface area contributed by atoms with Gasteiger partial charge in [-0.05, 0) is 43.0 Å². The van der Waals surface area contributed by atoms with Crippen LogP contribution < -0.4 is 10.5 Å². The van der Waals surface area contributed by atoms with Crippen LogP contribution in [0.25, 0.3) is 10.9 Å². The Bertz CT molecular complexity index is 523. The number of rotatable bonds is 5. The number of hydrogen-bond donors (Lipinski definition) is 1. The molecule has 1 aromatic carbocycles. The summed E-state index contributed by atoms with van der Waals surface area (Å²) in [7, 11) is 0. The van der Waals surface area contributed by atoms with Crippen LogP contribution in [-0.4, -0.2) is 11.6 Å². The van der Waals surface area contributed by atoms with E-state index in [9.17, 15) is 0 Å². The van der Waals surface area contributed by atoms with Crippen molar-refractivity contribution in [1.29, 1.82) is 0 Å². The van der Waals surface area contributed by atoms with Gasteiger partial charge in [-0.2, -0.15) is 0 Å². The van der Waals surface area contributed by atoms with Gasteiger partial charge < -0.3 is 10.5 Å². The molecule has 0 saturated heterocycles. The lowest BCUT2D eigenvalue weighted by molar-refractivity contribution is 0.301. The highest BCUT2D eigenvalue weighted by Crippen LogP contribution is 2.28. The van der Waals surface area contributed by atoms with Crippen molar-refractivity contribution in [2.75, 3.05) is 12.3 Å². The number of nitrogens with two attached hydrogens (primary N) is 1. The largest absolute Gasteiger partial charge is 0.493 e. The lowest BCUT2D eigenvalue weighted by Gasteiger charge is -2.11. The third-order valence-electron chi connectivity index (χ3n) is 2.94. The van der Waals surface area contributed by atoms with Gasteiger partial charge in [0.05, 0.1) is 17.8 Å². The Kier molecular flexibility index (Phi) is 4.03. The van der Waals surface area contributed by atoms with Gasteiger partial charge in [0, 0.05) is 11.6 Å². The van der Waals surface area contributed by atoms with Gasteiger partial charge in [-0.3, -0.25) is 4.98 Å². The summed E-state index contributed by atoms with van der Waals surface area (Å²) < 4.78 is 5.83. The molecule has 0 bridgehead atoms. The monoisotopic (exact) mass is 244 g/mol. The SMILES string of the molecule is CC(C)CCCOc1ccc(N)c2ncccc12. The molecule has 0 fully saturated rings. The first kappa shape index (κ1) is 12.7. The van der Waals surface area contributed by atoms with Gasteiger partial charge in [0.1, 0.15) is 5.75 Å². The normalized spacial score (nSPS) is 11.1. The zero-order chi connectivity index (χ0) is 13.0. The van der Waals surface area contributed by atoms with Gasteiger partial charge in [0.2, 0.25) is 0 Å². The van der Waals surface area contributed by atoms with Crippen LogP contribution in [0, 0.1) is 5.92 Å². The maximum absolute atomic E-state index is 5.90. The number of anilines is 1. The second kappa shape index (κ2) is 5.71. The summed E-state index contributed by atoms with van der Waals surface area (Å²) in [6.45, 7) is 5.19. The zero-order valence-electron chi connectivity index (χ0n) is 11.0. The molecule has 0 aliphatic rings. The first-order valence-electron chi connectivity index (χ1n) is 6.44. The molecule has 2 N–H and O–H groups in total. The molecule has 1 aromatic heterocycles. The number of nitrogens with zero attached hydrogens (tertiary/aromatic N) is 1. The third-order valence-corrected chi connectivity index (χ3v) is 2.94. The Morgan fingerprint density at radius 2 is 2.11 bits per heavy atom. The number of benzene rings is 1. The highest BCUT2D eigenvalue weighted by molar-refractivity contribution is 5.93. The molecule has 0 amide bonds. The molecular weight excluding hydrogens is 224 g/mol. The molecule has 1 heterocycles. The lowest BCUT2D eigenvalue weighted by atomic mass is 10.1. The molecular formula is C15H20N2O. The average molecular weight is 244 g/mol. The third kappa shape index (κ3) is 2.92. The molecule has 0 atom stereocenters. The van der Waals surface area contributed by atoms with Crippen molar-refractivity contribution in [1.82, 2.24) is 4.98 Å². The van der Waals surface area contributed by atoms with Crippen LogP contribution in [-0.2, 0) is 0 Å². The molecule has 0 aliphatic heterocycles. The molecule has 0 aliphatic carbocycles. The van der Waals surface area contributed by atoms with Crippen molar-refractivity contribution < 1.29 is 4.74 Å². The van der Waals surface area contributed by atoms with Crippen LogP contribution in [0.4, 0.5) is 5.69 Å². The van der Waals surface area contributed by atoms with E-state index < -0.39 is 0 Å². The van der Waals surface area contributed by atoms with Crippen molar-refractivity contribution in [3.8, 4) is 5.75 Å². The Morgan fingerprint density at radius 3 is 2.89 bits per heavy atom. The van der Waals surface area contributed by atoms with Crippen LogP contribution in [0.15, 0.2) is 30.5 Å². The van der Waals surface area contributed by atoms with Gasteiger partial charge in [-0.1, -0.05) is 13.8 Å². The highest BCUT2D eigenvalue weighted by Gasteiger charge is 2.05. The number of nitrogen functional groups attached to an aromatic ring is 1. The summed E-state index contributed by atoms with van der Waals surface area (Å²) in [6.07, 6.45) is 4.01. The van der Waals surface area contributed by atoms with Crippen molar-refractivity contribution in [3.63, 3.8) is 0 Å². The van der Waals surface area contributed by atoms with Crippen molar-refractivity contribution in [2.45, 2.75) is 26.7 Å². The highest BCUT2D eigenvalue weighted by atomic mass is 16.5. The summed E-state index contributed by atoms with van der Waals surface area (Å²) in [4.78, 5) is 4.29. The standard InChI is InChI=1S/C15H20N2O/c1-11(2)5-4-10-18-14-8-7-13(16)15-12(14)6-3-9-17-15/h3,6-9,11H,4-5,10,16H2,1-2H3. The van der Waals surface area contributed by atoms with Gasteiger partial charge in [-0.15, -0.1) is 0 Å². The van der Waals surface area contributed by atoms with E-state index in [1.54, 1.807) is 6.20 Å². The fourth-order valence-electron chi connectivity index (χ4n) is 1.97. The van der Waals surface area contributed by atoms with E-state index in [-0.39, 0.29) is 0 Å². The van der Waals surface area contributed by atoms with Crippen LogP contribution in [0.3, 0.4) is 0 Å². The number of hydrogen-bond acceptors (Lipinski definition) is 3. The van der Waals surface area contributed by atoms with E-state index in [0.717, 1.165) is 35.6 Å². The van der Waals surface area contributed by atoms with Crippen LogP contribution in [0.2, 0.25) is 0 Å². The fraction of sp³-hybridized carbons (Fsp3) is 0.400. The second-order valence-electron chi connectivity index (χ2n) is 4.94. The van der Waals surface area contributed by atoms with Crippen molar-refractivity contribution in [3.05, 3.63) is 30.5 Å². The molecule has 3 nitrogen and oxygen atoms in total. The summed E-state index contributed by atoms with van der Waals surface area (Å²) in [5, 5.41) is 0.988. The van der Waals surface area contributed by atoms with E-state index >= 15 is 0 Å². The Labute approximate surface area is 108 Å².